The number of nitrogens with one attached hydrogen (secondary N) is 1. The van der Waals surface area contributed by atoms with E-state index in [-0.39, 0.29) is 6.42 Å². The first-order valence-electron chi connectivity index (χ1n) is 5.95. The first kappa shape index (κ1) is 13.7. The van der Waals surface area contributed by atoms with E-state index < -0.39 is 17.9 Å². The van der Waals surface area contributed by atoms with Crippen LogP contribution in [0.3, 0.4) is 0 Å². The molecule has 7 heteroatoms. The summed E-state index contributed by atoms with van der Waals surface area (Å²) in [7, 11) is 0. The van der Waals surface area contributed by atoms with Crippen molar-refractivity contribution in [2.75, 3.05) is 0 Å². The minimum atomic E-state index is -1.32. The molecule has 0 saturated carbocycles. The minimum absolute atomic E-state index is 0.00463. The Morgan fingerprint density at radius 1 is 1.40 bits per heavy atom. The predicted molar refractivity (Wildman–Crippen MR) is 71.7 cm³/mol. The van der Waals surface area contributed by atoms with Gasteiger partial charge < -0.3 is 10.1 Å². The molecule has 1 amide bonds. The van der Waals surface area contributed by atoms with E-state index in [1.807, 2.05) is 24.3 Å². The van der Waals surface area contributed by atoms with Gasteiger partial charge in [0.15, 0.2) is 6.04 Å². The molecule has 20 heavy (non-hydrogen) atoms. The number of hydrogen-bond donors (Lipinski definition) is 2. The van der Waals surface area contributed by atoms with Crippen LogP contribution in [0, 0.1) is 4.91 Å². The number of hydrogen-bond acceptors (Lipinski definition) is 4. The largest absolute Gasteiger partial charge is 0.480 e. The van der Waals surface area contributed by atoms with Crippen molar-refractivity contribution >= 4 is 22.8 Å². The molecule has 2 N–H and O–H groups in total. The molecule has 0 radical (unpaired) electrons. The summed E-state index contributed by atoms with van der Waals surface area (Å²) in [5.41, 5.74) is 1.57. The van der Waals surface area contributed by atoms with Crippen LogP contribution in [0.5, 0.6) is 0 Å². The smallest absolute Gasteiger partial charge is 0.329 e. The van der Waals surface area contributed by atoms with Gasteiger partial charge in [-0.1, -0.05) is 18.2 Å². The van der Waals surface area contributed by atoms with Crippen LogP contribution < -0.4 is 0 Å². The van der Waals surface area contributed by atoms with E-state index in [0.29, 0.717) is 10.6 Å². The van der Waals surface area contributed by atoms with E-state index in [0.717, 1.165) is 17.8 Å². The second-order valence-electron chi connectivity index (χ2n) is 4.36. The number of carbonyl (C=O) groups is 2. The van der Waals surface area contributed by atoms with E-state index in [1.54, 1.807) is 6.20 Å². The third kappa shape index (κ3) is 2.51. The van der Waals surface area contributed by atoms with E-state index in [2.05, 4.69) is 10.3 Å². The quantitative estimate of drug-likeness (QED) is 0.640. The Balaban J connectivity index is 2.35. The number of carboxylic acid groups (broad SMARTS) is 1. The third-order valence-corrected chi connectivity index (χ3v) is 3.08. The van der Waals surface area contributed by atoms with Crippen LogP contribution in [0.25, 0.3) is 10.9 Å². The highest BCUT2D eigenvalue weighted by Crippen LogP contribution is 2.20. The summed E-state index contributed by atoms with van der Waals surface area (Å²) in [6.07, 6.45) is 1.67. The molecule has 1 unspecified atom stereocenters. The predicted octanol–water partition coefficient (Wildman–Crippen LogP) is 1.69. The molecule has 2 aromatic rings. The highest BCUT2D eigenvalue weighted by Gasteiger charge is 2.30. The zero-order valence-corrected chi connectivity index (χ0v) is 10.7. The summed E-state index contributed by atoms with van der Waals surface area (Å²) in [5, 5.41) is 13.0. The lowest BCUT2D eigenvalue weighted by molar-refractivity contribution is -0.149. The van der Waals surface area contributed by atoms with Crippen molar-refractivity contribution in [1.29, 1.82) is 0 Å². The average molecular weight is 275 g/mol. The molecule has 1 heterocycles. The number of nitroso groups, excluding NO2 is 1. The number of H-pyrrole nitrogens is 1. The molecule has 0 aliphatic carbocycles. The van der Waals surface area contributed by atoms with Crippen molar-refractivity contribution in [3.63, 3.8) is 0 Å². The van der Waals surface area contributed by atoms with Gasteiger partial charge in [-0.25, -0.2) is 4.79 Å². The molecule has 0 spiro atoms. The number of carbonyl (C=O) groups excluding carboxylic acids is 1. The lowest BCUT2D eigenvalue weighted by atomic mass is 10.0. The number of para-hydroxylation sites is 1. The van der Waals surface area contributed by atoms with E-state index in [9.17, 15) is 19.6 Å². The van der Waals surface area contributed by atoms with Gasteiger partial charge in [-0.05, 0) is 11.6 Å². The van der Waals surface area contributed by atoms with Crippen LogP contribution in [-0.4, -0.2) is 33.0 Å². The van der Waals surface area contributed by atoms with Gasteiger partial charge in [-0.15, -0.1) is 4.91 Å². The summed E-state index contributed by atoms with van der Waals surface area (Å²) in [6.45, 7) is 1.10. The van der Waals surface area contributed by atoms with Crippen molar-refractivity contribution < 1.29 is 14.7 Å². The monoisotopic (exact) mass is 275 g/mol. The van der Waals surface area contributed by atoms with Crippen LogP contribution >= 0.6 is 0 Å². The molecule has 0 fully saturated rings. The Morgan fingerprint density at radius 2 is 2.10 bits per heavy atom. The summed E-state index contributed by atoms with van der Waals surface area (Å²) in [4.78, 5) is 36.2. The molecular formula is C13H13N3O4. The van der Waals surface area contributed by atoms with Crippen LogP contribution in [0.1, 0.15) is 12.5 Å². The average Bonchev–Trinajstić information content (AvgIpc) is 2.81. The summed E-state index contributed by atoms with van der Waals surface area (Å²) >= 11 is 0. The van der Waals surface area contributed by atoms with Crippen molar-refractivity contribution in [3.8, 4) is 0 Å². The van der Waals surface area contributed by atoms with Gasteiger partial charge in [0.05, 0.1) is 5.29 Å². The Kier molecular flexibility index (Phi) is 3.79. The fourth-order valence-corrected chi connectivity index (χ4v) is 2.12. The van der Waals surface area contributed by atoms with Crippen molar-refractivity contribution in [3.05, 3.63) is 40.9 Å². The van der Waals surface area contributed by atoms with Gasteiger partial charge in [-0.2, -0.15) is 5.01 Å². The lowest BCUT2D eigenvalue weighted by Gasteiger charge is -2.19. The summed E-state index contributed by atoms with van der Waals surface area (Å²) in [6, 6.07) is 6.06. The first-order chi connectivity index (χ1) is 9.54. The highest BCUT2D eigenvalue weighted by atomic mass is 16.4. The number of aromatic nitrogens is 1. The van der Waals surface area contributed by atoms with Crippen molar-refractivity contribution in [1.82, 2.24) is 9.99 Å². The maximum atomic E-state index is 11.3. The zero-order chi connectivity index (χ0) is 14.7. The maximum Gasteiger partial charge on any atom is 0.329 e. The summed E-state index contributed by atoms with van der Waals surface area (Å²) in [5.74, 6) is -1.97. The fraction of sp³-hybridized carbons (Fsp3) is 0.231. The van der Waals surface area contributed by atoms with Gasteiger partial charge >= 0.3 is 5.97 Å². The normalized spacial score (nSPS) is 12.1. The van der Waals surface area contributed by atoms with Gasteiger partial charge in [0.2, 0.25) is 5.91 Å². The number of nitrogens with zero attached hydrogens (tertiary/aromatic N) is 2. The molecule has 2 rings (SSSR count). The van der Waals surface area contributed by atoms with E-state index >= 15 is 0 Å². The van der Waals surface area contributed by atoms with Crippen LogP contribution in [0.15, 0.2) is 35.7 Å². The van der Waals surface area contributed by atoms with Crippen LogP contribution in [0.2, 0.25) is 0 Å². The van der Waals surface area contributed by atoms with Crippen molar-refractivity contribution in [2.45, 2.75) is 19.4 Å². The molecule has 1 aromatic carbocycles. The van der Waals surface area contributed by atoms with Gasteiger partial charge in [0.1, 0.15) is 0 Å². The molecule has 0 saturated heterocycles. The summed E-state index contributed by atoms with van der Waals surface area (Å²) < 4.78 is 0. The molecule has 7 nitrogen and oxygen atoms in total. The molecule has 104 valence electrons. The molecular weight excluding hydrogens is 262 g/mol. The Labute approximate surface area is 114 Å². The molecule has 1 aromatic heterocycles. The number of rotatable bonds is 5. The van der Waals surface area contributed by atoms with Gasteiger partial charge in [-0.3, -0.25) is 4.79 Å². The molecule has 1 atom stereocenters. The Morgan fingerprint density at radius 3 is 2.70 bits per heavy atom. The number of aliphatic carboxylic acids is 1. The molecule has 0 aliphatic rings. The Hall–Kier alpha value is -2.70. The number of carboxylic acids is 1. The first-order valence-corrected chi connectivity index (χ1v) is 5.95. The Bertz CT molecular complexity index is 664. The second kappa shape index (κ2) is 5.52. The van der Waals surface area contributed by atoms with Gasteiger partial charge in [0.25, 0.3) is 0 Å². The topological polar surface area (TPSA) is 103 Å². The highest BCUT2D eigenvalue weighted by molar-refractivity contribution is 5.86. The number of fused-ring (bicyclic) bond motifs is 1. The lowest BCUT2D eigenvalue weighted by Crippen LogP contribution is -2.41. The molecule has 0 aliphatic heterocycles. The SMILES string of the molecule is CC(=O)N(N=O)C(Cc1c[nH]c2ccccc12)C(=O)O. The van der Waals surface area contributed by atoms with Crippen molar-refractivity contribution in [2.24, 2.45) is 5.29 Å². The zero-order valence-electron chi connectivity index (χ0n) is 10.7. The fourth-order valence-electron chi connectivity index (χ4n) is 2.12. The standard InChI is InChI=1S/C13H13N3O4/c1-8(17)16(15-20)12(13(18)19)6-9-7-14-11-5-3-2-4-10(9)11/h2-5,7,12,14H,6H2,1H3,(H,18,19). The third-order valence-electron chi connectivity index (χ3n) is 3.08. The maximum absolute atomic E-state index is 11.3. The number of amides is 1. The minimum Gasteiger partial charge on any atom is -0.480 e. The van der Waals surface area contributed by atoms with Crippen LogP contribution in [-0.2, 0) is 16.0 Å². The number of benzene rings is 1. The van der Waals surface area contributed by atoms with E-state index in [4.69, 9.17) is 0 Å². The van der Waals surface area contributed by atoms with Gasteiger partial charge in [0, 0.05) is 30.4 Å². The van der Waals surface area contributed by atoms with E-state index in [1.165, 1.54) is 0 Å². The second-order valence-corrected chi connectivity index (χ2v) is 4.36. The molecule has 0 bridgehead atoms. The van der Waals surface area contributed by atoms with Crippen LogP contribution in [0.4, 0.5) is 0 Å². The number of aromatic amines is 1.